The number of nitrogens with one attached hydrogen (secondary N) is 1. The van der Waals surface area contributed by atoms with Gasteiger partial charge in [0.05, 0.1) is 6.10 Å². The van der Waals surface area contributed by atoms with Gasteiger partial charge in [0.25, 0.3) is 0 Å². The van der Waals surface area contributed by atoms with E-state index in [1.165, 1.54) is 0 Å². The largest absolute Gasteiger partial charge is 0.475 e. The van der Waals surface area contributed by atoms with E-state index in [4.69, 9.17) is 9.47 Å². The lowest BCUT2D eigenvalue weighted by Gasteiger charge is -2.34. The molecule has 1 fully saturated rings. The molecule has 1 saturated carbocycles. The fourth-order valence-corrected chi connectivity index (χ4v) is 2.24. The molecule has 1 N–H and O–H groups in total. The highest BCUT2D eigenvalue weighted by molar-refractivity contribution is 5.18. The van der Waals surface area contributed by atoms with Gasteiger partial charge in [-0.2, -0.15) is 4.98 Å². The molecule has 0 radical (unpaired) electrons. The van der Waals surface area contributed by atoms with Crippen LogP contribution < -0.4 is 14.8 Å². The maximum Gasteiger partial charge on any atom is 0.320 e. The second-order valence-electron chi connectivity index (χ2n) is 5.43. The van der Waals surface area contributed by atoms with Crippen molar-refractivity contribution in [3.05, 3.63) is 11.8 Å². The summed E-state index contributed by atoms with van der Waals surface area (Å²) in [6, 6.07) is 2.26. The Balaban J connectivity index is 1.92. The van der Waals surface area contributed by atoms with Crippen LogP contribution in [0.3, 0.4) is 0 Å². The molecule has 5 nitrogen and oxygen atoms in total. The Morgan fingerprint density at radius 3 is 2.74 bits per heavy atom. The quantitative estimate of drug-likeness (QED) is 0.852. The third-order valence-corrected chi connectivity index (χ3v) is 3.12. The zero-order chi connectivity index (χ0) is 13.8. The molecule has 2 rings (SSSR count). The topological polar surface area (TPSA) is 56.3 Å². The van der Waals surface area contributed by atoms with Crippen LogP contribution in [0, 0.1) is 12.8 Å². The molecular weight excluding hydrogens is 242 g/mol. The third-order valence-electron chi connectivity index (χ3n) is 3.12. The van der Waals surface area contributed by atoms with E-state index in [-0.39, 0.29) is 12.2 Å². The summed E-state index contributed by atoms with van der Waals surface area (Å²) in [5.74, 6) is 1.30. The molecule has 0 spiro atoms. The zero-order valence-electron chi connectivity index (χ0n) is 12.1. The van der Waals surface area contributed by atoms with Crippen molar-refractivity contribution in [2.45, 2.75) is 45.8 Å². The summed E-state index contributed by atoms with van der Waals surface area (Å²) in [6.45, 7) is 6.93. The molecule has 0 saturated heterocycles. The van der Waals surface area contributed by atoms with Crippen LogP contribution >= 0.6 is 0 Å². The van der Waals surface area contributed by atoms with Crippen LogP contribution in [0.25, 0.3) is 0 Å². The number of rotatable bonds is 6. The fraction of sp³-hybridized carbons (Fsp3) is 0.714. The smallest absolute Gasteiger partial charge is 0.320 e. The summed E-state index contributed by atoms with van der Waals surface area (Å²) in [5.41, 5.74) is 0.867. The Labute approximate surface area is 114 Å². The minimum atomic E-state index is 0.103. The maximum absolute atomic E-state index is 5.80. The highest BCUT2D eigenvalue weighted by Gasteiger charge is 2.30. The van der Waals surface area contributed by atoms with Crippen molar-refractivity contribution in [1.82, 2.24) is 15.3 Å². The van der Waals surface area contributed by atoms with E-state index in [1.54, 1.807) is 0 Å². The van der Waals surface area contributed by atoms with Gasteiger partial charge in [-0.05, 0) is 53.1 Å². The van der Waals surface area contributed by atoms with E-state index in [1.807, 2.05) is 33.9 Å². The summed E-state index contributed by atoms with van der Waals surface area (Å²) in [5, 5.41) is 3.19. The lowest BCUT2D eigenvalue weighted by atomic mass is 9.82. The average molecular weight is 265 g/mol. The van der Waals surface area contributed by atoms with E-state index in [9.17, 15) is 0 Å². The number of hydrogen-bond donors (Lipinski definition) is 1. The molecule has 1 heterocycles. The molecule has 1 aromatic rings. The van der Waals surface area contributed by atoms with Crippen molar-refractivity contribution in [3.8, 4) is 11.9 Å². The lowest BCUT2D eigenvalue weighted by molar-refractivity contribution is 0.0561. The monoisotopic (exact) mass is 265 g/mol. The van der Waals surface area contributed by atoms with Crippen molar-refractivity contribution >= 4 is 0 Å². The van der Waals surface area contributed by atoms with Crippen molar-refractivity contribution in [2.75, 3.05) is 13.6 Å². The predicted molar refractivity (Wildman–Crippen MR) is 73.6 cm³/mol. The van der Waals surface area contributed by atoms with E-state index >= 15 is 0 Å². The van der Waals surface area contributed by atoms with Crippen LogP contribution in [0.15, 0.2) is 6.07 Å². The normalized spacial score (nSPS) is 22.2. The number of ether oxygens (including phenoxy) is 2. The van der Waals surface area contributed by atoms with Gasteiger partial charge < -0.3 is 14.8 Å². The van der Waals surface area contributed by atoms with Gasteiger partial charge in [-0.25, -0.2) is 4.98 Å². The van der Waals surface area contributed by atoms with E-state index in [2.05, 4.69) is 15.3 Å². The second-order valence-corrected chi connectivity index (χ2v) is 5.43. The van der Waals surface area contributed by atoms with Crippen molar-refractivity contribution in [1.29, 1.82) is 0 Å². The lowest BCUT2D eigenvalue weighted by Crippen LogP contribution is -2.39. The number of aromatic nitrogens is 2. The van der Waals surface area contributed by atoms with Crippen LogP contribution in [-0.2, 0) is 0 Å². The first-order valence-corrected chi connectivity index (χ1v) is 6.90. The van der Waals surface area contributed by atoms with Crippen LogP contribution in [0.1, 0.15) is 32.4 Å². The van der Waals surface area contributed by atoms with Crippen LogP contribution in [-0.4, -0.2) is 35.8 Å². The molecule has 0 unspecified atom stereocenters. The molecule has 0 aliphatic heterocycles. The summed E-state index contributed by atoms with van der Waals surface area (Å²) >= 11 is 0. The minimum absolute atomic E-state index is 0.103. The van der Waals surface area contributed by atoms with Crippen molar-refractivity contribution < 1.29 is 9.47 Å². The number of nitrogens with zero attached hydrogens (tertiary/aromatic N) is 2. The maximum atomic E-state index is 5.80. The van der Waals surface area contributed by atoms with Gasteiger partial charge in [-0.1, -0.05) is 0 Å². The molecule has 19 heavy (non-hydrogen) atoms. The SMILES string of the molecule is CNCC1CC(Oc2nc(C)cc(OC(C)C)n2)C1. The fourth-order valence-electron chi connectivity index (χ4n) is 2.24. The van der Waals surface area contributed by atoms with Gasteiger partial charge in [-0.15, -0.1) is 0 Å². The molecule has 5 heteroatoms. The number of aryl methyl sites for hydroxylation is 1. The second kappa shape index (κ2) is 6.19. The van der Waals surface area contributed by atoms with Crippen LogP contribution in [0.2, 0.25) is 0 Å². The standard InChI is InChI=1S/C14H23N3O2/c1-9(2)18-13-5-10(3)16-14(17-13)19-12-6-11(7-12)8-15-4/h5,9,11-12,15H,6-8H2,1-4H3. The molecule has 0 bridgehead atoms. The molecule has 0 amide bonds. The van der Waals surface area contributed by atoms with Crippen LogP contribution in [0.4, 0.5) is 0 Å². The minimum Gasteiger partial charge on any atom is -0.475 e. The van der Waals surface area contributed by atoms with Gasteiger partial charge in [0, 0.05) is 11.8 Å². The van der Waals surface area contributed by atoms with Gasteiger partial charge in [0.2, 0.25) is 5.88 Å². The van der Waals surface area contributed by atoms with Gasteiger partial charge in [0.1, 0.15) is 6.10 Å². The molecular formula is C14H23N3O2. The number of hydrogen-bond acceptors (Lipinski definition) is 5. The first kappa shape index (κ1) is 14.1. The van der Waals surface area contributed by atoms with Crippen molar-refractivity contribution in [3.63, 3.8) is 0 Å². The summed E-state index contributed by atoms with van der Waals surface area (Å²) in [7, 11) is 1.98. The Morgan fingerprint density at radius 2 is 2.11 bits per heavy atom. The summed E-state index contributed by atoms with van der Waals surface area (Å²) in [6.07, 6.45) is 2.48. The Bertz CT molecular complexity index is 417. The summed E-state index contributed by atoms with van der Waals surface area (Å²) < 4.78 is 11.4. The average Bonchev–Trinajstić information content (AvgIpc) is 2.24. The van der Waals surface area contributed by atoms with Gasteiger partial charge >= 0.3 is 6.01 Å². The Hall–Kier alpha value is -1.36. The molecule has 106 valence electrons. The molecule has 1 aliphatic carbocycles. The predicted octanol–water partition coefficient (Wildman–Crippen LogP) is 1.95. The molecule has 0 aromatic carbocycles. The van der Waals surface area contributed by atoms with Gasteiger partial charge in [0.15, 0.2) is 0 Å². The Kier molecular flexibility index (Phi) is 4.58. The van der Waals surface area contributed by atoms with E-state index in [0.29, 0.717) is 17.8 Å². The molecule has 0 atom stereocenters. The highest BCUT2D eigenvalue weighted by atomic mass is 16.5. The first-order chi connectivity index (χ1) is 9.06. The molecule has 1 aromatic heterocycles. The third kappa shape index (κ3) is 4.06. The zero-order valence-corrected chi connectivity index (χ0v) is 12.1. The van der Waals surface area contributed by atoms with Crippen molar-refractivity contribution in [2.24, 2.45) is 5.92 Å². The van der Waals surface area contributed by atoms with Crippen LogP contribution in [0.5, 0.6) is 11.9 Å². The first-order valence-electron chi connectivity index (χ1n) is 6.90. The molecule has 1 aliphatic rings. The Morgan fingerprint density at radius 1 is 1.37 bits per heavy atom. The van der Waals surface area contributed by atoms with E-state index < -0.39 is 0 Å². The van der Waals surface area contributed by atoms with Gasteiger partial charge in [-0.3, -0.25) is 0 Å². The summed E-state index contributed by atoms with van der Waals surface area (Å²) in [4.78, 5) is 8.60. The van der Waals surface area contributed by atoms with E-state index in [0.717, 1.165) is 25.1 Å². The highest BCUT2D eigenvalue weighted by Crippen LogP contribution is 2.30.